The lowest BCUT2D eigenvalue weighted by Gasteiger charge is -2.15. The molecule has 1 amide bonds. The van der Waals surface area contributed by atoms with E-state index >= 15 is 0 Å². The number of anilines is 1. The summed E-state index contributed by atoms with van der Waals surface area (Å²) in [5.74, 6) is -0.0223. The molecule has 0 saturated carbocycles. The van der Waals surface area contributed by atoms with Crippen molar-refractivity contribution >= 4 is 21.6 Å². The number of hydrogen-bond acceptors (Lipinski definition) is 4. The lowest BCUT2D eigenvalue weighted by atomic mass is 10.2. The van der Waals surface area contributed by atoms with Crippen molar-refractivity contribution in [2.75, 3.05) is 18.9 Å². The fourth-order valence-electron chi connectivity index (χ4n) is 1.61. The number of sulfonamides is 1. The molecule has 0 heterocycles. The average molecular weight is 313 g/mol. The third-order valence-electron chi connectivity index (χ3n) is 2.86. The van der Waals surface area contributed by atoms with Crippen LogP contribution in [0.1, 0.15) is 20.8 Å². The average Bonchev–Trinajstić information content (AvgIpc) is 2.44. The molecule has 118 valence electrons. The molecule has 3 N–H and O–H groups in total. The van der Waals surface area contributed by atoms with E-state index in [1.54, 1.807) is 19.2 Å². The SMILES string of the molecule is CNc1ccc(S(=O)(=O)NC(C)C(=O)NCC(C)C)cc1. The Bertz CT molecular complexity index is 568. The lowest BCUT2D eigenvalue weighted by Crippen LogP contribution is -2.45. The molecule has 0 aliphatic rings. The highest BCUT2D eigenvalue weighted by atomic mass is 32.2. The molecule has 1 unspecified atom stereocenters. The van der Waals surface area contributed by atoms with Crippen LogP contribution in [0.3, 0.4) is 0 Å². The highest BCUT2D eigenvalue weighted by Gasteiger charge is 2.21. The summed E-state index contributed by atoms with van der Waals surface area (Å²) >= 11 is 0. The number of rotatable bonds is 7. The summed E-state index contributed by atoms with van der Waals surface area (Å²) in [6.45, 7) is 5.98. The second-order valence-electron chi connectivity index (χ2n) is 5.26. The van der Waals surface area contributed by atoms with E-state index in [2.05, 4.69) is 15.4 Å². The van der Waals surface area contributed by atoms with Gasteiger partial charge in [-0.05, 0) is 37.1 Å². The van der Waals surface area contributed by atoms with Crippen LogP contribution in [-0.2, 0) is 14.8 Å². The number of hydrogen-bond donors (Lipinski definition) is 3. The predicted octanol–water partition coefficient (Wildman–Crippen LogP) is 1.17. The topological polar surface area (TPSA) is 87.3 Å². The van der Waals surface area contributed by atoms with Gasteiger partial charge in [-0.15, -0.1) is 0 Å². The van der Waals surface area contributed by atoms with E-state index in [4.69, 9.17) is 0 Å². The smallest absolute Gasteiger partial charge is 0.241 e. The molecule has 1 rings (SSSR count). The molecule has 0 fully saturated rings. The molecule has 0 aliphatic heterocycles. The van der Waals surface area contributed by atoms with Gasteiger partial charge in [-0.2, -0.15) is 4.72 Å². The Morgan fingerprint density at radius 1 is 1.14 bits per heavy atom. The lowest BCUT2D eigenvalue weighted by molar-refractivity contribution is -0.122. The van der Waals surface area contributed by atoms with Gasteiger partial charge in [0.25, 0.3) is 0 Å². The van der Waals surface area contributed by atoms with Gasteiger partial charge in [0.2, 0.25) is 15.9 Å². The predicted molar refractivity (Wildman–Crippen MR) is 83.6 cm³/mol. The second-order valence-corrected chi connectivity index (χ2v) is 6.97. The largest absolute Gasteiger partial charge is 0.388 e. The summed E-state index contributed by atoms with van der Waals surface area (Å²) in [5.41, 5.74) is 0.816. The van der Waals surface area contributed by atoms with Gasteiger partial charge in [-0.3, -0.25) is 4.79 Å². The van der Waals surface area contributed by atoms with E-state index in [0.29, 0.717) is 12.5 Å². The van der Waals surface area contributed by atoms with Crippen molar-refractivity contribution in [1.29, 1.82) is 0 Å². The number of amides is 1. The molecular weight excluding hydrogens is 290 g/mol. The van der Waals surface area contributed by atoms with E-state index in [-0.39, 0.29) is 10.8 Å². The van der Waals surface area contributed by atoms with Gasteiger partial charge in [0, 0.05) is 19.3 Å². The highest BCUT2D eigenvalue weighted by Crippen LogP contribution is 2.13. The quantitative estimate of drug-likeness (QED) is 0.705. The van der Waals surface area contributed by atoms with E-state index < -0.39 is 16.1 Å². The first kappa shape index (κ1) is 17.5. The molecular formula is C14H23N3O3S. The maximum absolute atomic E-state index is 12.2. The van der Waals surface area contributed by atoms with Gasteiger partial charge < -0.3 is 10.6 Å². The monoisotopic (exact) mass is 313 g/mol. The van der Waals surface area contributed by atoms with Gasteiger partial charge >= 0.3 is 0 Å². The zero-order valence-electron chi connectivity index (χ0n) is 12.8. The fourth-order valence-corrected chi connectivity index (χ4v) is 2.82. The highest BCUT2D eigenvalue weighted by molar-refractivity contribution is 7.89. The Kier molecular flexibility index (Phi) is 6.17. The number of carbonyl (C=O) groups is 1. The van der Waals surface area contributed by atoms with Crippen LogP contribution in [0.2, 0.25) is 0 Å². The minimum atomic E-state index is -3.71. The molecule has 6 nitrogen and oxygen atoms in total. The van der Waals surface area contributed by atoms with Crippen LogP contribution in [-0.4, -0.2) is 34.0 Å². The van der Waals surface area contributed by atoms with Crippen molar-refractivity contribution in [3.8, 4) is 0 Å². The Hall–Kier alpha value is -1.60. The maximum atomic E-state index is 12.2. The molecule has 1 atom stereocenters. The summed E-state index contributed by atoms with van der Waals surface area (Å²) in [7, 11) is -1.95. The van der Waals surface area contributed by atoms with E-state index in [1.165, 1.54) is 19.1 Å². The third-order valence-corrected chi connectivity index (χ3v) is 4.42. The van der Waals surface area contributed by atoms with Gasteiger partial charge in [0.05, 0.1) is 10.9 Å². The van der Waals surface area contributed by atoms with Crippen molar-refractivity contribution < 1.29 is 13.2 Å². The molecule has 1 aromatic carbocycles. The van der Waals surface area contributed by atoms with Gasteiger partial charge in [-0.1, -0.05) is 13.8 Å². The first-order valence-corrected chi connectivity index (χ1v) is 8.32. The first-order valence-electron chi connectivity index (χ1n) is 6.84. The summed E-state index contributed by atoms with van der Waals surface area (Å²) < 4.78 is 26.7. The normalized spacial score (nSPS) is 13.0. The van der Waals surface area contributed by atoms with Crippen molar-refractivity contribution in [3.05, 3.63) is 24.3 Å². The first-order chi connectivity index (χ1) is 9.76. The van der Waals surface area contributed by atoms with E-state index in [1.807, 2.05) is 13.8 Å². The van der Waals surface area contributed by atoms with E-state index in [9.17, 15) is 13.2 Å². The van der Waals surface area contributed by atoms with Crippen LogP contribution in [0.25, 0.3) is 0 Å². The Morgan fingerprint density at radius 2 is 1.71 bits per heavy atom. The summed E-state index contributed by atoms with van der Waals surface area (Å²) in [5, 5.41) is 5.61. The molecule has 0 aromatic heterocycles. The summed E-state index contributed by atoms with van der Waals surface area (Å²) in [6, 6.07) is 5.49. The molecule has 21 heavy (non-hydrogen) atoms. The molecule has 0 spiro atoms. The molecule has 1 aromatic rings. The van der Waals surface area contributed by atoms with Crippen molar-refractivity contribution in [2.45, 2.75) is 31.7 Å². The zero-order chi connectivity index (χ0) is 16.0. The summed E-state index contributed by atoms with van der Waals surface area (Å²) in [6.07, 6.45) is 0. The Labute approximate surface area is 126 Å². The van der Waals surface area contributed by atoms with Crippen LogP contribution in [0.15, 0.2) is 29.2 Å². The molecule has 0 radical (unpaired) electrons. The number of carbonyl (C=O) groups excluding carboxylic acids is 1. The van der Waals surface area contributed by atoms with E-state index in [0.717, 1.165) is 5.69 Å². The van der Waals surface area contributed by atoms with Gasteiger partial charge in [-0.25, -0.2) is 8.42 Å². The van der Waals surface area contributed by atoms with Crippen LogP contribution >= 0.6 is 0 Å². The fraction of sp³-hybridized carbons (Fsp3) is 0.500. The Balaban J connectivity index is 2.72. The van der Waals surface area contributed by atoms with Crippen LogP contribution in [0, 0.1) is 5.92 Å². The standard InChI is InChI=1S/C14H23N3O3S/c1-10(2)9-16-14(18)11(3)17-21(19,20)13-7-5-12(15-4)6-8-13/h5-8,10-11,15,17H,9H2,1-4H3,(H,16,18). The minimum absolute atomic E-state index is 0.130. The maximum Gasteiger partial charge on any atom is 0.241 e. The van der Waals surface area contributed by atoms with Gasteiger partial charge in [0.15, 0.2) is 0 Å². The summed E-state index contributed by atoms with van der Waals surface area (Å²) in [4.78, 5) is 11.9. The Morgan fingerprint density at radius 3 is 2.19 bits per heavy atom. The molecule has 0 aliphatic carbocycles. The molecule has 0 saturated heterocycles. The van der Waals surface area contributed by atoms with Crippen LogP contribution in [0.5, 0.6) is 0 Å². The minimum Gasteiger partial charge on any atom is -0.388 e. The van der Waals surface area contributed by atoms with Gasteiger partial charge in [0.1, 0.15) is 0 Å². The van der Waals surface area contributed by atoms with Crippen LogP contribution < -0.4 is 15.4 Å². The zero-order valence-corrected chi connectivity index (χ0v) is 13.6. The third kappa shape index (κ3) is 5.35. The second kappa shape index (κ2) is 7.42. The molecule has 7 heteroatoms. The van der Waals surface area contributed by atoms with Crippen molar-refractivity contribution in [3.63, 3.8) is 0 Å². The number of nitrogens with one attached hydrogen (secondary N) is 3. The van der Waals surface area contributed by atoms with Crippen molar-refractivity contribution in [2.24, 2.45) is 5.92 Å². The van der Waals surface area contributed by atoms with Crippen LogP contribution in [0.4, 0.5) is 5.69 Å². The molecule has 0 bridgehead atoms. The number of benzene rings is 1. The van der Waals surface area contributed by atoms with Crippen molar-refractivity contribution in [1.82, 2.24) is 10.0 Å².